The average molecular weight is 387 g/mol. The first-order valence-corrected chi connectivity index (χ1v) is 9.57. The molecule has 2 aromatic carbocycles. The van der Waals surface area contributed by atoms with Crippen LogP contribution in [0.15, 0.2) is 48.5 Å². The van der Waals surface area contributed by atoms with Crippen LogP contribution in [0, 0.1) is 5.82 Å². The molecule has 1 aliphatic heterocycles. The van der Waals surface area contributed by atoms with E-state index >= 15 is 0 Å². The van der Waals surface area contributed by atoms with Gasteiger partial charge in [-0.1, -0.05) is 43.3 Å². The number of hydrogen-bond donors (Lipinski definition) is 1. The second kappa shape index (κ2) is 9.06. The van der Waals surface area contributed by atoms with Crippen molar-refractivity contribution < 1.29 is 23.8 Å². The van der Waals surface area contributed by atoms with Gasteiger partial charge in [0.1, 0.15) is 12.7 Å². The van der Waals surface area contributed by atoms with E-state index in [9.17, 15) is 14.3 Å². The van der Waals surface area contributed by atoms with Crippen LogP contribution in [0.25, 0.3) is 0 Å². The SMILES string of the molecule is CCC(C)N(C(=O)O)[C@@H](Cc1ccc(OCc2ccccc2)c(F)c1)[C@H]1CO1. The first-order chi connectivity index (χ1) is 13.5. The fraction of sp³-hybridized carbons (Fsp3) is 0.409. The Bertz CT molecular complexity index is 794. The van der Waals surface area contributed by atoms with Gasteiger partial charge in [0.2, 0.25) is 0 Å². The minimum absolute atomic E-state index is 0.134. The molecule has 1 amide bonds. The summed E-state index contributed by atoms with van der Waals surface area (Å²) in [6, 6.07) is 13.9. The van der Waals surface area contributed by atoms with Gasteiger partial charge in [0, 0.05) is 6.04 Å². The van der Waals surface area contributed by atoms with Gasteiger partial charge in [-0.05, 0) is 43.0 Å². The number of halogens is 1. The average Bonchev–Trinajstić information content (AvgIpc) is 3.52. The lowest BCUT2D eigenvalue weighted by Crippen LogP contribution is -2.49. The van der Waals surface area contributed by atoms with Gasteiger partial charge in [-0.25, -0.2) is 9.18 Å². The van der Waals surface area contributed by atoms with Crippen molar-refractivity contribution in [2.75, 3.05) is 6.61 Å². The normalized spacial score (nSPS) is 17.6. The van der Waals surface area contributed by atoms with Crippen LogP contribution < -0.4 is 4.74 Å². The van der Waals surface area contributed by atoms with Crippen LogP contribution in [-0.4, -0.2) is 40.9 Å². The van der Waals surface area contributed by atoms with Crippen molar-refractivity contribution in [2.45, 2.75) is 51.5 Å². The van der Waals surface area contributed by atoms with E-state index in [1.54, 1.807) is 12.1 Å². The smallest absolute Gasteiger partial charge is 0.407 e. The Balaban J connectivity index is 1.70. The van der Waals surface area contributed by atoms with Gasteiger partial charge >= 0.3 is 6.09 Å². The molecule has 2 aromatic rings. The maximum atomic E-state index is 14.5. The molecule has 3 rings (SSSR count). The van der Waals surface area contributed by atoms with E-state index in [1.807, 2.05) is 44.2 Å². The summed E-state index contributed by atoms with van der Waals surface area (Å²) in [4.78, 5) is 13.2. The van der Waals surface area contributed by atoms with E-state index in [0.29, 0.717) is 19.4 Å². The zero-order valence-corrected chi connectivity index (χ0v) is 16.2. The molecule has 0 bridgehead atoms. The van der Waals surface area contributed by atoms with Crippen LogP contribution in [0.4, 0.5) is 9.18 Å². The summed E-state index contributed by atoms with van der Waals surface area (Å²) in [5, 5.41) is 9.65. The number of carboxylic acid groups (broad SMARTS) is 1. The first-order valence-electron chi connectivity index (χ1n) is 9.57. The van der Waals surface area contributed by atoms with Gasteiger partial charge in [-0.15, -0.1) is 0 Å². The fourth-order valence-electron chi connectivity index (χ4n) is 3.31. The minimum atomic E-state index is -0.974. The lowest BCUT2D eigenvalue weighted by molar-refractivity contribution is 0.0894. The Morgan fingerprint density at radius 1 is 1.29 bits per heavy atom. The maximum absolute atomic E-state index is 14.5. The van der Waals surface area contributed by atoms with E-state index < -0.39 is 11.9 Å². The van der Waals surface area contributed by atoms with Crippen molar-refractivity contribution >= 4 is 6.09 Å². The summed E-state index contributed by atoms with van der Waals surface area (Å²) in [6.07, 6.45) is -0.00633. The Hall–Kier alpha value is -2.60. The lowest BCUT2D eigenvalue weighted by Gasteiger charge is -2.33. The predicted octanol–water partition coefficient (Wildman–Crippen LogP) is 4.49. The molecule has 150 valence electrons. The molecule has 0 radical (unpaired) electrons. The fourth-order valence-corrected chi connectivity index (χ4v) is 3.31. The van der Waals surface area contributed by atoms with Crippen molar-refractivity contribution in [3.63, 3.8) is 0 Å². The molecule has 5 nitrogen and oxygen atoms in total. The monoisotopic (exact) mass is 387 g/mol. The summed E-state index contributed by atoms with van der Waals surface area (Å²) in [5.74, 6) is -0.266. The van der Waals surface area contributed by atoms with Crippen LogP contribution in [0.1, 0.15) is 31.4 Å². The minimum Gasteiger partial charge on any atom is -0.486 e. The van der Waals surface area contributed by atoms with Crippen LogP contribution in [0.3, 0.4) is 0 Å². The number of rotatable bonds is 9. The summed E-state index contributed by atoms with van der Waals surface area (Å²) in [6.45, 7) is 4.65. The molecule has 3 atom stereocenters. The second-order valence-electron chi connectivity index (χ2n) is 7.13. The van der Waals surface area contributed by atoms with E-state index in [-0.39, 0.29) is 30.5 Å². The molecular formula is C22H26FNO4. The summed E-state index contributed by atoms with van der Waals surface area (Å²) >= 11 is 0. The number of hydrogen-bond acceptors (Lipinski definition) is 3. The molecule has 1 unspecified atom stereocenters. The van der Waals surface area contributed by atoms with Crippen molar-refractivity contribution in [3.8, 4) is 5.75 Å². The highest BCUT2D eigenvalue weighted by Crippen LogP contribution is 2.27. The van der Waals surface area contributed by atoms with E-state index in [4.69, 9.17) is 9.47 Å². The highest BCUT2D eigenvalue weighted by Gasteiger charge is 2.40. The first kappa shape index (κ1) is 20.1. The number of amides is 1. The highest BCUT2D eigenvalue weighted by molar-refractivity contribution is 5.66. The molecule has 0 saturated carbocycles. The molecule has 1 heterocycles. The number of carbonyl (C=O) groups is 1. The standard InChI is InChI=1S/C22H26FNO4/c1-3-15(2)24(22(25)26)19(21-14-28-21)12-17-9-10-20(18(23)11-17)27-13-16-7-5-4-6-8-16/h4-11,15,19,21H,3,12-14H2,1-2H3,(H,25,26)/t15?,19-,21+/m0/s1. The molecule has 1 N–H and O–H groups in total. The van der Waals surface area contributed by atoms with Crippen molar-refractivity contribution in [3.05, 3.63) is 65.5 Å². The molecular weight excluding hydrogens is 361 g/mol. The van der Waals surface area contributed by atoms with Gasteiger partial charge in [-0.2, -0.15) is 0 Å². The second-order valence-corrected chi connectivity index (χ2v) is 7.13. The predicted molar refractivity (Wildman–Crippen MR) is 104 cm³/mol. The van der Waals surface area contributed by atoms with Crippen LogP contribution >= 0.6 is 0 Å². The molecule has 1 fully saturated rings. The third kappa shape index (κ3) is 5.01. The van der Waals surface area contributed by atoms with Crippen molar-refractivity contribution in [2.24, 2.45) is 0 Å². The Labute approximate surface area is 164 Å². The summed E-state index contributed by atoms with van der Waals surface area (Å²) < 4.78 is 25.5. The van der Waals surface area contributed by atoms with Crippen LogP contribution in [0.2, 0.25) is 0 Å². The van der Waals surface area contributed by atoms with Gasteiger partial charge in [-0.3, -0.25) is 4.90 Å². The Morgan fingerprint density at radius 3 is 2.57 bits per heavy atom. The summed E-state index contributed by atoms with van der Waals surface area (Å²) in [5.41, 5.74) is 1.68. The third-order valence-electron chi connectivity index (χ3n) is 5.11. The van der Waals surface area contributed by atoms with Crippen LogP contribution in [-0.2, 0) is 17.8 Å². The molecule has 28 heavy (non-hydrogen) atoms. The molecule has 6 heteroatoms. The van der Waals surface area contributed by atoms with Gasteiger partial charge in [0.25, 0.3) is 0 Å². The number of nitrogens with zero attached hydrogens (tertiary/aromatic N) is 1. The largest absolute Gasteiger partial charge is 0.486 e. The van der Waals surface area contributed by atoms with Crippen molar-refractivity contribution in [1.29, 1.82) is 0 Å². The quantitative estimate of drug-likeness (QED) is 0.644. The molecule has 0 spiro atoms. The van der Waals surface area contributed by atoms with Crippen LogP contribution in [0.5, 0.6) is 5.75 Å². The topological polar surface area (TPSA) is 62.3 Å². The number of ether oxygens (including phenoxy) is 2. The van der Waals surface area contributed by atoms with Crippen molar-refractivity contribution in [1.82, 2.24) is 4.90 Å². The van der Waals surface area contributed by atoms with E-state index in [0.717, 1.165) is 11.1 Å². The van der Waals surface area contributed by atoms with Gasteiger partial charge in [0.15, 0.2) is 11.6 Å². The Kier molecular flexibility index (Phi) is 6.52. The zero-order valence-electron chi connectivity index (χ0n) is 16.2. The van der Waals surface area contributed by atoms with E-state index in [1.165, 1.54) is 11.0 Å². The number of benzene rings is 2. The molecule has 0 aromatic heterocycles. The molecule has 1 saturated heterocycles. The molecule has 0 aliphatic carbocycles. The van der Waals surface area contributed by atoms with Gasteiger partial charge < -0.3 is 14.6 Å². The highest BCUT2D eigenvalue weighted by atomic mass is 19.1. The maximum Gasteiger partial charge on any atom is 0.407 e. The van der Waals surface area contributed by atoms with E-state index in [2.05, 4.69) is 0 Å². The zero-order chi connectivity index (χ0) is 20.1. The third-order valence-corrected chi connectivity index (χ3v) is 5.11. The number of epoxide rings is 1. The van der Waals surface area contributed by atoms with Gasteiger partial charge in [0.05, 0.1) is 12.6 Å². The summed E-state index contributed by atoms with van der Waals surface area (Å²) in [7, 11) is 0. The Morgan fingerprint density at radius 2 is 2.00 bits per heavy atom. The molecule has 1 aliphatic rings. The lowest BCUT2D eigenvalue weighted by atomic mass is 10.00.